The highest BCUT2D eigenvalue weighted by molar-refractivity contribution is 5.70. The Bertz CT molecular complexity index is 615. The third kappa shape index (κ3) is 1.94. The summed E-state index contributed by atoms with van der Waals surface area (Å²) in [5.74, 6) is 0. The van der Waals surface area contributed by atoms with Gasteiger partial charge in [0.2, 0.25) is 0 Å². The number of rotatable bonds is 1. The van der Waals surface area contributed by atoms with Crippen molar-refractivity contribution in [3.05, 3.63) is 59.7 Å². The van der Waals surface area contributed by atoms with Crippen LogP contribution >= 0.6 is 0 Å². The molecule has 2 aromatic rings. The molecule has 0 spiro atoms. The Kier molecular flexibility index (Phi) is 3.31. The second kappa shape index (κ2) is 5.00. The third-order valence-corrected chi connectivity index (χ3v) is 4.00. The van der Waals surface area contributed by atoms with Gasteiger partial charge in [-0.3, -0.25) is 0 Å². The van der Waals surface area contributed by atoms with Crippen molar-refractivity contribution in [1.82, 2.24) is 0 Å². The fourth-order valence-corrected chi connectivity index (χ4v) is 2.89. The molecule has 0 aliphatic heterocycles. The molecule has 104 valence electrons. The van der Waals surface area contributed by atoms with Crippen LogP contribution in [-0.2, 0) is 0 Å². The second-order valence-electron chi connectivity index (χ2n) is 5.21. The first-order chi connectivity index (χ1) is 9.61. The van der Waals surface area contributed by atoms with Crippen LogP contribution in [0.2, 0.25) is 0 Å². The quantitative estimate of drug-likeness (QED) is 0.624. The molecule has 0 fully saturated rings. The van der Waals surface area contributed by atoms with E-state index < -0.39 is 24.3 Å². The first-order valence-corrected chi connectivity index (χ1v) is 6.67. The molecule has 0 radical (unpaired) electrons. The lowest BCUT2D eigenvalue weighted by atomic mass is 9.77. The van der Waals surface area contributed by atoms with Crippen LogP contribution in [-0.4, -0.2) is 22.4 Å². The summed E-state index contributed by atoms with van der Waals surface area (Å²) in [6.07, 6.45) is -2.09. The van der Waals surface area contributed by atoms with Crippen LogP contribution in [0.4, 0.5) is 0 Å². The van der Waals surface area contributed by atoms with Crippen molar-refractivity contribution >= 4 is 0 Å². The number of aliphatic hydroxyl groups is 2. The smallest absolute Gasteiger partial charge is 0.101 e. The van der Waals surface area contributed by atoms with Crippen LogP contribution in [0.15, 0.2) is 48.5 Å². The van der Waals surface area contributed by atoms with E-state index in [0.717, 1.165) is 22.3 Å². The van der Waals surface area contributed by atoms with Crippen molar-refractivity contribution in [2.24, 2.45) is 11.5 Å². The molecule has 0 heterocycles. The first-order valence-electron chi connectivity index (χ1n) is 6.67. The molecule has 1 aliphatic carbocycles. The molecule has 0 aromatic heterocycles. The predicted molar refractivity (Wildman–Crippen MR) is 77.7 cm³/mol. The SMILES string of the molecule is N[C@@H]1c2cccc(-c3ccccc3)c2[C@H](N)[C@@H](O)[C@H]1O. The highest BCUT2D eigenvalue weighted by Crippen LogP contribution is 2.39. The summed E-state index contributed by atoms with van der Waals surface area (Å²) in [4.78, 5) is 0. The summed E-state index contributed by atoms with van der Waals surface area (Å²) in [7, 11) is 0. The number of fused-ring (bicyclic) bond motifs is 1. The summed E-state index contributed by atoms with van der Waals surface area (Å²) >= 11 is 0. The first kappa shape index (κ1) is 13.3. The van der Waals surface area contributed by atoms with E-state index in [1.54, 1.807) is 0 Å². The van der Waals surface area contributed by atoms with Crippen molar-refractivity contribution in [3.63, 3.8) is 0 Å². The maximum absolute atomic E-state index is 10.1. The van der Waals surface area contributed by atoms with Gasteiger partial charge in [-0.05, 0) is 22.3 Å². The van der Waals surface area contributed by atoms with E-state index in [-0.39, 0.29) is 0 Å². The molecule has 0 amide bonds. The Labute approximate surface area is 117 Å². The zero-order valence-corrected chi connectivity index (χ0v) is 11.0. The summed E-state index contributed by atoms with van der Waals surface area (Å²) in [6, 6.07) is 14.3. The number of hydrogen-bond acceptors (Lipinski definition) is 4. The molecule has 2 aromatic carbocycles. The number of nitrogens with two attached hydrogens (primary N) is 2. The van der Waals surface area contributed by atoms with Gasteiger partial charge in [-0.2, -0.15) is 0 Å². The molecule has 4 atom stereocenters. The number of hydrogen-bond donors (Lipinski definition) is 4. The Morgan fingerprint density at radius 2 is 1.40 bits per heavy atom. The molecule has 3 rings (SSSR count). The second-order valence-corrected chi connectivity index (χ2v) is 5.21. The van der Waals surface area contributed by atoms with Gasteiger partial charge in [-0.25, -0.2) is 0 Å². The Morgan fingerprint density at radius 3 is 2.10 bits per heavy atom. The summed E-state index contributed by atoms with van der Waals surface area (Å²) in [6.45, 7) is 0. The minimum Gasteiger partial charge on any atom is -0.388 e. The van der Waals surface area contributed by atoms with E-state index in [4.69, 9.17) is 11.5 Å². The zero-order valence-electron chi connectivity index (χ0n) is 11.0. The molecule has 4 nitrogen and oxygen atoms in total. The minimum atomic E-state index is -1.05. The molecule has 6 N–H and O–H groups in total. The summed E-state index contributed by atoms with van der Waals surface area (Å²) < 4.78 is 0. The summed E-state index contributed by atoms with van der Waals surface area (Å²) in [5, 5.41) is 20.0. The topological polar surface area (TPSA) is 92.5 Å². The van der Waals surface area contributed by atoms with Crippen molar-refractivity contribution in [2.75, 3.05) is 0 Å². The molecule has 20 heavy (non-hydrogen) atoms. The lowest BCUT2D eigenvalue weighted by Crippen LogP contribution is -2.47. The highest BCUT2D eigenvalue weighted by atomic mass is 16.3. The molecular weight excluding hydrogens is 252 g/mol. The lowest BCUT2D eigenvalue weighted by molar-refractivity contribution is -0.0195. The zero-order chi connectivity index (χ0) is 14.3. The van der Waals surface area contributed by atoms with E-state index in [1.165, 1.54) is 0 Å². The Morgan fingerprint density at radius 1 is 0.750 bits per heavy atom. The molecule has 1 aliphatic rings. The van der Waals surface area contributed by atoms with Crippen LogP contribution in [0.3, 0.4) is 0 Å². The van der Waals surface area contributed by atoms with Gasteiger partial charge in [0.15, 0.2) is 0 Å². The summed E-state index contributed by atoms with van der Waals surface area (Å²) in [5.41, 5.74) is 15.7. The van der Waals surface area contributed by atoms with Crippen LogP contribution in [0.5, 0.6) is 0 Å². The molecular formula is C16H18N2O2. The van der Waals surface area contributed by atoms with Gasteiger partial charge < -0.3 is 21.7 Å². The van der Waals surface area contributed by atoms with E-state index >= 15 is 0 Å². The van der Waals surface area contributed by atoms with Gasteiger partial charge in [0.05, 0.1) is 12.1 Å². The van der Waals surface area contributed by atoms with Gasteiger partial charge in [-0.15, -0.1) is 0 Å². The van der Waals surface area contributed by atoms with E-state index in [0.29, 0.717) is 0 Å². The highest BCUT2D eigenvalue weighted by Gasteiger charge is 2.38. The van der Waals surface area contributed by atoms with Gasteiger partial charge in [0, 0.05) is 0 Å². The Balaban J connectivity index is 2.21. The van der Waals surface area contributed by atoms with Crippen molar-refractivity contribution in [3.8, 4) is 11.1 Å². The van der Waals surface area contributed by atoms with Crippen LogP contribution < -0.4 is 11.5 Å². The maximum atomic E-state index is 10.1. The minimum absolute atomic E-state index is 0.622. The molecule has 0 bridgehead atoms. The van der Waals surface area contributed by atoms with Crippen molar-refractivity contribution in [2.45, 2.75) is 24.3 Å². The number of benzene rings is 2. The van der Waals surface area contributed by atoms with Crippen LogP contribution in [0, 0.1) is 0 Å². The van der Waals surface area contributed by atoms with E-state index in [2.05, 4.69) is 0 Å². The van der Waals surface area contributed by atoms with E-state index in [9.17, 15) is 10.2 Å². The maximum Gasteiger partial charge on any atom is 0.101 e. The average Bonchev–Trinajstić information content (AvgIpc) is 2.51. The molecule has 0 saturated carbocycles. The molecule has 0 saturated heterocycles. The number of aliphatic hydroxyl groups excluding tert-OH is 2. The van der Waals surface area contributed by atoms with Crippen molar-refractivity contribution < 1.29 is 10.2 Å². The van der Waals surface area contributed by atoms with Gasteiger partial charge in [-0.1, -0.05) is 48.5 Å². The van der Waals surface area contributed by atoms with Crippen molar-refractivity contribution in [1.29, 1.82) is 0 Å². The fourth-order valence-electron chi connectivity index (χ4n) is 2.89. The molecule has 4 heteroatoms. The lowest BCUT2D eigenvalue weighted by Gasteiger charge is -2.37. The van der Waals surface area contributed by atoms with Gasteiger partial charge >= 0.3 is 0 Å². The monoisotopic (exact) mass is 270 g/mol. The largest absolute Gasteiger partial charge is 0.388 e. The Hall–Kier alpha value is -1.72. The van der Waals surface area contributed by atoms with Gasteiger partial charge in [0.25, 0.3) is 0 Å². The van der Waals surface area contributed by atoms with Crippen LogP contribution in [0.1, 0.15) is 23.2 Å². The third-order valence-electron chi connectivity index (χ3n) is 4.00. The standard InChI is InChI=1S/C16H18N2O2/c17-13-11-8-4-7-10(9-5-2-1-3-6-9)12(11)14(18)16(20)15(13)19/h1-8,13-16,19-20H,17-18H2/t13-,14+,15+,16-/m1/s1. The normalized spacial score (nSPS) is 29.0. The molecule has 0 unspecified atom stereocenters. The van der Waals surface area contributed by atoms with E-state index in [1.807, 2.05) is 48.5 Å². The van der Waals surface area contributed by atoms with Gasteiger partial charge in [0.1, 0.15) is 12.2 Å². The fraction of sp³-hybridized carbons (Fsp3) is 0.250. The predicted octanol–water partition coefficient (Wildman–Crippen LogP) is 1.09. The van der Waals surface area contributed by atoms with Crippen LogP contribution in [0.25, 0.3) is 11.1 Å². The average molecular weight is 270 g/mol.